The summed E-state index contributed by atoms with van der Waals surface area (Å²) in [5.41, 5.74) is 2.77. The molecule has 0 aliphatic heterocycles. The second kappa shape index (κ2) is 16.1. The minimum Gasteiger partial charge on any atom is -0.497 e. The fourth-order valence-corrected chi connectivity index (χ4v) is 6.49. The Labute approximate surface area is 278 Å². The number of hydrogen-bond donors (Lipinski definition) is 1. The van der Waals surface area contributed by atoms with Gasteiger partial charge < -0.3 is 19.7 Å². The van der Waals surface area contributed by atoms with E-state index in [1.54, 1.807) is 55.6 Å². The molecule has 0 bridgehead atoms. The van der Waals surface area contributed by atoms with Crippen LogP contribution < -0.4 is 19.1 Å². The zero-order valence-electron chi connectivity index (χ0n) is 27.6. The Morgan fingerprint density at radius 2 is 1.45 bits per heavy atom. The Morgan fingerprint density at radius 1 is 0.809 bits per heavy atom. The summed E-state index contributed by atoms with van der Waals surface area (Å²) in [5.74, 6) is 0.272. The molecule has 4 aromatic carbocycles. The molecule has 0 aromatic heterocycles. The molecule has 0 aliphatic rings. The smallest absolute Gasteiger partial charge is 0.264 e. The molecule has 0 spiro atoms. The molecule has 248 valence electrons. The van der Waals surface area contributed by atoms with Crippen LogP contribution in [0.4, 0.5) is 5.69 Å². The largest absolute Gasteiger partial charge is 0.497 e. The normalized spacial score (nSPS) is 12.4. The summed E-state index contributed by atoms with van der Waals surface area (Å²) in [5, 5.41) is 3.05. The summed E-state index contributed by atoms with van der Waals surface area (Å²) < 4.78 is 40.2. The van der Waals surface area contributed by atoms with Crippen molar-refractivity contribution >= 4 is 27.5 Å². The minimum atomic E-state index is -4.21. The molecule has 0 saturated carbocycles. The second-order valence-electron chi connectivity index (χ2n) is 11.4. The zero-order chi connectivity index (χ0) is 34.0. The molecule has 0 saturated heterocycles. The molecule has 0 heterocycles. The Kier molecular flexibility index (Phi) is 12.0. The van der Waals surface area contributed by atoms with E-state index in [1.807, 2.05) is 63.2 Å². The number of ether oxygens (including phenoxy) is 2. The van der Waals surface area contributed by atoms with Crippen molar-refractivity contribution in [2.75, 3.05) is 25.1 Å². The summed E-state index contributed by atoms with van der Waals surface area (Å²) in [6.07, 6.45) is 0.930. The monoisotopic (exact) mass is 657 g/mol. The average molecular weight is 658 g/mol. The van der Waals surface area contributed by atoms with Crippen LogP contribution >= 0.6 is 0 Å². The van der Waals surface area contributed by atoms with E-state index in [9.17, 15) is 18.0 Å². The van der Waals surface area contributed by atoms with Gasteiger partial charge in [-0.25, -0.2) is 8.42 Å². The number of methoxy groups -OCH3 is 2. The number of carbonyl (C=O) groups excluding carboxylic acids is 2. The Balaban J connectivity index is 1.82. The van der Waals surface area contributed by atoms with Gasteiger partial charge in [-0.2, -0.15) is 0 Å². The minimum absolute atomic E-state index is 0.0430. The molecule has 4 rings (SSSR count). The van der Waals surface area contributed by atoms with E-state index >= 15 is 0 Å². The molecule has 47 heavy (non-hydrogen) atoms. The predicted octanol–water partition coefficient (Wildman–Crippen LogP) is 5.76. The highest BCUT2D eigenvalue weighted by Crippen LogP contribution is 2.27. The molecule has 4 aromatic rings. The van der Waals surface area contributed by atoms with Gasteiger partial charge in [0, 0.05) is 19.0 Å². The number of sulfonamides is 1. The highest BCUT2D eigenvalue weighted by Gasteiger charge is 2.35. The molecular formula is C37H43N3O6S. The SMILES string of the molecule is CC[C@@H](C)NC(=O)[C@@H](Cc1ccccc1)N(Cc1cccc(OC)c1)C(=O)CN(c1ccc(OC)cc1)S(=O)(=O)c1ccc(C)cc1. The van der Waals surface area contributed by atoms with Gasteiger partial charge in [-0.1, -0.05) is 67.1 Å². The number of nitrogens with one attached hydrogen (secondary N) is 1. The van der Waals surface area contributed by atoms with Crippen molar-refractivity contribution in [3.05, 3.63) is 120 Å². The first-order chi connectivity index (χ1) is 22.5. The molecule has 10 heteroatoms. The van der Waals surface area contributed by atoms with Crippen LogP contribution in [0.1, 0.15) is 37.0 Å². The van der Waals surface area contributed by atoms with E-state index in [-0.39, 0.29) is 35.5 Å². The molecule has 0 unspecified atom stereocenters. The van der Waals surface area contributed by atoms with Crippen molar-refractivity contribution in [2.24, 2.45) is 0 Å². The number of nitrogens with zero attached hydrogens (tertiary/aromatic N) is 2. The molecule has 2 amide bonds. The van der Waals surface area contributed by atoms with Crippen LogP contribution in [0.25, 0.3) is 0 Å². The lowest BCUT2D eigenvalue weighted by Crippen LogP contribution is -2.54. The first-order valence-corrected chi connectivity index (χ1v) is 17.0. The fourth-order valence-electron chi connectivity index (χ4n) is 5.08. The molecule has 2 atom stereocenters. The highest BCUT2D eigenvalue weighted by atomic mass is 32.2. The fraction of sp³-hybridized carbons (Fsp3) is 0.297. The summed E-state index contributed by atoms with van der Waals surface area (Å²) in [6.45, 7) is 5.25. The maximum absolute atomic E-state index is 14.6. The summed E-state index contributed by atoms with van der Waals surface area (Å²) >= 11 is 0. The molecular weight excluding hydrogens is 614 g/mol. The third kappa shape index (κ3) is 9.13. The first-order valence-electron chi connectivity index (χ1n) is 15.6. The Bertz CT molecular complexity index is 1730. The summed E-state index contributed by atoms with van der Waals surface area (Å²) in [4.78, 5) is 30.1. The number of amides is 2. The highest BCUT2D eigenvalue weighted by molar-refractivity contribution is 7.92. The van der Waals surface area contributed by atoms with Crippen LogP contribution in [-0.2, 0) is 32.6 Å². The maximum Gasteiger partial charge on any atom is 0.264 e. The van der Waals surface area contributed by atoms with E-state index in [1.165, 1.54) is 24.1 Å². The number of benzene rings is 4. The van der Waals surface area contributed by atoms with Gasteiger partial charge in [0.15, 0.2) is 0 Å². The third-order valence-corrected chi connectivity index (χ3v) is 9.80. The van der Waals surface area contributed by atoms with Crippen LogP contribution in [0.5, 0.6) is 11.5 Å². The quantitative estimate of drug-likeness (QED) is 0.174. The van der Waals surface area contributed by atoms with Crippen molar-refractivity contribution in [2.45, 2.75) is 57.1 Å². The molecule has 0 fully saturated rings. The molecule has 0 aliphatic carbocycles. The van der Waals surface area contributed by atoms with Crippen LogP contribution in [0.3, 0.4) is 0 Å². The van der Waals surface area contributed by atoms with Crippen LogP contribution in [-0.4, -0.2) is 58.0 Å². The number of aryl methyl sites for hydroxylation is 1. The maximum atomic E-state index is 14.6. The summed E-state index contributed by atoms with van der Waals surface area (Å²) in [6, 6.07) is 28.6. The molecule has 1 N–H and O–H groups in total. The van der Waals surface area contributed by atoms with Crippen molar-refractivity contribution in [3.63, 3.8) is 0 Å². The summed E-state index contributed by atoms with van der Waals surface area (Å²) in [7, 11) is -1.13. The van der Waals surface area contributed by atoms with Gasteiger partial charge in [0.05, 0.1) is 24.8 Å². The Morgan fingerprint density at radius 3 is 2.06 bits per heavy atom. The van der Waals surface area contributed by atoms with Crippen LogP contribution in [0, 0.1) is 6.92 Å². The van der Waals surface area contributed by atoms with Gasteiger partial charge in [0.2, 0.25) is 11.8 Å². The predicted molar refractivity (Wildman–Crippen MR) is 184 cm³/mol. The standard InChI is InChI=1S/C37H43N3O6S/c1-6-28(3)38-37(42)35(24-29-11-8-7-9-12-29)39(25-30-13-10-14-33(23-30)46-5)36(41)26-40(31-17-19-32(45-4)20-18-31)47(43,44)34-21-15-27(2)16-22-34/h7-23,28,35H,6,24-26H2,1-5H3,(H,38,42)/t28-,35-/m1/s1. The van der Waals surface area contributed by atoms with Gasteiger partial charge in [-0.3, -0.25) is 13.9 Å². The van der Waals surface area contributed by atoms with Crippen molar-refractivity contribution in [1.29, 1.82) is 0 Å². The van der Waals surface area contributed by atoms with Gasteiger partial charge in [0.25, 0.3) is 10.0 Å². The van der Waals surface area contributed by atoms with Crippen molar-refractivity contribution in [3.8, 4) is 11.5 Å². The van der Waals surface area contributed by atoms with Crippen LogP contribution in [0.15, 0.2) is 108 Å². The third-order valence-electron chi connectivity index (χ3n) is 8.01. The lowest BCUT2D eigenvalue weighted by atomic mass is 10.0. The lowest BCUT2D eigenvalue weighted by Gasteiger charge is -2.34. The topological polar surface area (TPSA) is 105 Å². The van der Waals surface area contributed by atoms with Gasteiger partial charge in [-0.15, -0.1) is 0 Å². The number of hydrogen-bond acceptors (Lipinski definition) is 6. The van der Waals surface area contributed by atoms with E-state index in [4.69, 9.17) is 9.47 Å². The van der Waals surface area contributed by atoms with Crippen molar-refractivity contribution < 1.29 is 27.5 Å². The second-order valence-corrected chi connectivity index (χ2v) is 13.3. The van der Waals surface area contributed by atoms with Crippen LogP contribution in [0.2, 0.25) is 0 Å². The van der Waals surface area contributed by atoms with E-state index in [2.05, 4.69) is 5.32 Å². The number of carbonyl (C=O) groups is 2. The van der Waals surface area contributed by atoms with Crippen molar-refractivity contribution in [1.82, 2.24) is 10.2 Å². The zero-order valence-corrected chi connectivity index (χ0v) is 28.4. The lowest BCUT2D eigenvalue weighted by molar-refractivity contribution is -0.140. The molecule has 9 nitrogen and oxygen atoms in total. The first kappa shape index (κ1) is 35.0. The number of anilines is 1. The Hall–Kier alpha value is -4.83. The molecule has 0 radical (unpaired) electrons. The number of rotatable bonds is 15. The van der Waals surface area contributed by atoms with E-state index < -0.39 is 28.5 Å². The van der Waals surface area contributed by atoms with Gasteiger partial charge in [0.1, 0.15) is 24.1 Å². The van der Waals surface area contributed by atoms with Gasteiger partial charge >= 0.3 is 0 Å². The van der Waals surface area contributed by atoms with Gasteiger partial charge in [-0.05, 0) is 79.9 Å². The average Bonchev–Trinajstić information content (AvgIpc) is 3.09. The van der Waals surface area contributed by atoms with E-state index in [0.717, 1.165) is 21.0 Å². The van der Waals surface area contributed by atoms with E-state index in [0.29, 0.717) is 17.9 Å².